The van der Waals surface area contributed by atoms with Gasteiger partial charge >= 0.3 is 5.97 Å². The lowest BCUT2D eigenvalue weighted by Crippen LogP contribution is -2.17. The van der Waals surface area contributed by atoms with Gasteiger partial charge < -0.3 is 25.0 Å². The number of carbonyl (C=O) groups is 1. The van der Waals surface area contributed by atoms with Crippen molar-refractivity contribution < 1.29 is 14.3 Å². The number of benzene rings is 1. The van der Waals surface area contributed by atoms with Gasteiger partial charge in [-0.05, 0) is 57.4 Å². The molecule has 0 saturated carbocycles. The average Bonchev–Trinajstić information content (AvgIpc) is 2.81. The Morgan fingerprint density at radius 3 is 2.59 bits per heavy atom. The fourth-order valence-electron chi connectivity index (χ4n) is 3.02. The van der Waals surface area contributed by atoms with Crippen molar-refractivity contribution in [2.45, 2.75) is 6.42 Å². The second-order valence-corrected chi connectivity index (χ2v) is 7.29. The summed E-state index contributed by atoms with van der Waals surface area (Å²) in [7, 11) is 6.99. The van der Waals surface area contributed by atoms with Crippen molar-refractivity contribution in [3.05, 3.63) is 54.2 Å². The van der Waals surface area contributed by atoms with Crippen molar-refractivity contribution in [1.82, 2.24) is 19.9 Å². The van der Waals surface area contributed by atoms with Gasteiger partial charge in [-0.25, -0.2) is 9.78 Å². The molecule has 32 heavy (non-hydrogen) atoms. The number of anilines is 3. The molecule has 0 aliphatic heterocycles. The smallest absolute Gasteiger partial charge is 0.337 e. The minimum Gasteiger partial charge on any atom is -0.495 e. The molecule has 168 valence electrons. The molecular formula is C23H28N6O3. The van der Waals surface area contributed by atoms with Gasteiger partial charge in [0.05, 0.1) is 36.9 Å². The molecule has 0 unspecified atom stereocenters. The molecule has 0 aliphatic rings. The van der Waals surface area contributed by atoms with E-state index in [1.54, 1.807) is 37.6 Å². The quantitative estimate of drug-likeness (QED) is 0.365. The molecule has 9 nitrogen and oxygen atoms in total. The molecule has 2 heterocycles. The topological polar surface area (TPSA) is 102 Å². The van der Waals surface area contributed by atoms with Crippen molar-refractivity contribution >= 4 is 23.4 Å². The second-order valence-electron chi connectivity index (χ2n) is 7.29. The first-order chi connectivity index (χ1) is 15.5. The van der Waals surface area contributed by atoms with E-state index in [4.69, 9.17) is 9.47 Å². The van der Waals surface area contributed by atoms with Gasteiger partial charge in [0, 0.05) is 18.8 Å². The molecule has 0 aliphatic carbocycles. The Kier molecular flexibility index (Phi) is 7.93. The van der Waals surface area contributed by atoms with Crippen molar-refractivity contribution in [3.63, 3.8) is 0 Å². The molecule has 3 rings (SSSR count). The van der Waals surface area contributed by atoms with Crippen molar-refractivity contribution in [1.29, 1.82) is 0 Å². The fraction of sp³-hybridized carbons (Fsp3) is 0.304. The zero-order valence-corrected chi connectivity index (χ0v) is 18.8. The molecule has 0 atom stereocenters. The zero-order valence-electron chi connectivity index (χ0n) is 18.8. The maximum absolute atomic E-state index is 12.0. The van der Waals surface area contributed by atoms with Crippen LogP contribution >= 0.6 is 0 Å². The Bertz CT molecular complexity index is 1040. The first kappa shape index (κ1) is 23.0. The van der Waals surface area contributed by atoms with Crippen LogP contribution in [-0.4, -0.2) is 67.2 Å². The third-order valence-electron chi connectivity index (χ3n) is 4.60. The summed E-state index contributed by atoms with van der Waals surface area (Å²) in [5.41, 5.74) is 2.38. The van der Waals surface area contributed by atoms with Crippen LogP contribution in [0, 0.1) is 0 Å². The number of aromatic nitrogens is 3. The van der Waals surface area contributed by atoms with Crippen LogP contribution in [0.5, 0.6) is 5.75 Å². The lowest BCUT2D eigenvalue weighted by Gasteiger charge is -2.14. The Morgan fingerprint density at radius 1 is 1.06 bits per heavy atom. The van der Waals surface area contributed by atoms with E-state index in [0.717, 1.165) is 25.2 Å². The molecule has 0 spiro atoms. The molecule has 9 heteroatoms. The molecule has 1 aromatic carbocycles. The Hall–Kier alpha value is -3.72. The lowest BCUT2D eigenvalue weighted by atomic mass is 10.2. The van der Waals surface area contributed by atoms with E-state index in [0.29, 0.717) is 34.5 Å². The van der Waals surface area contributed by atoms with Crippen LogP contribution in [0.25, 0.3) is 11.4 Å². The monoisotopic (exact) mass is 436 g/mol. The van der Waals surface area contributed by atoms with Crippen LogP contribution in [0.15, 0.2) is 48.7 Å². The predicted octanol–water partition coefficient (Wildman–Crippen LogP) is 3.44. The Balaban J connectivity index is 1.92. The van der Waals surface area contributed by atoms with Gasteiger partial charge in [0.2, 0.25) is 5.95 Å². The second kappa shape index (κ2) is 11.1. The summed E-state index contributed by atoms with van der Waals surface area (Å²) in [5.74, 6) is 1.15. The SMILES string of the molecule is COC(=O)c1ccc(OC)c(Nc2cc(-c3ccccn3)nc(NCCCN(C)C)n2)c1. The summed E-state index contributed by atoms with van der Waals surface area (Å²) in [4.78, 5) is 27.7. The van der Waals surface area contributed by atoms with Gasteiger partial charge in [0.15, 0.2) is 0 Å². The van der Waals surface area contributed by atoms with E-state index in [-0.39, 0.29) is 0 Å². The van der Waals surface area contributed by atoms with E-state index >= 15 is 0 Å². The van der Waals surface area contributed by atoms with Crippen LogP contribution < -0.4 is 15.4 Å². The Morgan fingerprint density at radius 2 is 1.91 bits per heavy atom. The molecule has 2 aromatic heterocycles. The number of methoxy groups -OCH3 is 2. The van der Waals surface area contributed by atoms with Gasteiger partial charge in [-0.3, -0.25) is 4.98 Å². The van der Waals surface area contributed by atoms with E-state index in [2.05, 4.69) is 30.5 Å². The summed E-state index contributed by atoms with van der Waals surface area (Å²) < 4.78 is 10.3. The zero-order chi connectivity index (χ0) is 22.9. The molecule has 0 bridgehead atoms. The minimum absolute atomic E-state index is 0.400. The highest BCUT2D eigenvalue weighted by Crippen LogP contribution is 2.30. The fourth-order valence-corrected chi connectivity index (χ4v) is 3.02. The highest BCUT2D eigenvalue weighted by molar-refractivity contribution is 5.91. The molecule has 3 aromatic rings. The molecule has 0 radical (unpaired) electrons. The molecule has 0 fully saturated rings. The van der Waals surface area contributed by atoms with E-state index < -0.39 is 5.97 Å². The van der Waals surface area contributed by atoms with Gasteiger partial charge in [-0.15, -0.1) is 0 Å². The third-order valence-corrected chi connectivity index (χ3v) is 4.60. The van der Waals surface area contributed by atoms with Crippen molar-refractivity contribution in [2.24, 2.45) is 0 Å². The van der Waals surface area contributed by atoms with Crippen LogP contribution in [0.4, 0.5) is 17.5 Å². The van der Waals surface area contributed by atoms with Crippen molar-refractivity contribution in [3.8, 4) is 17.1 Å². The number of rotatable bonds is 10. The Labute approximate surface area is 187 Å². The van der Waals surface area contributed by atoms with E-state index in [1.165, 1.54) is 7.11 Å². The molecular weight excluding hydrogens is 408 g/mol. The van der Waals surface area contributed by atoms with E-state index in [1.807, 2.05) is 32.3 Å². The molecule has 0 amide bonds. The van der Waals surface area contributed by atoms with Gasteiger partial charge in [0.25, 0.3) is 0 Å². The normalized spacial score (nSPS) is 10.7. The average molecular weight is 437 g/mol. The minimum atomic E-state index is -0.434. The number of pyridine rings is 1. The summed E-state index contributed by atoms with van der Waals surface area (Å²) in [6.07, 6.45) is 2.67. The van der Waals surface area contributed by atoms with Gasteiger partial charge in [-0.1, -0.05) is 6.07 Å². The summed E-state index contributed by atoms with van der Waals surface area (Å²) in [6, 6.07) is 12.5. The highest BCUT2D eigenvalue weighted by atomic mass is 16.5. The van der Waals surface area contributed by atoms with Gasteiger partial charge in [-0.2, -0.15) is 4.98 Å². The highest BCUT2D eigenvalue weighted by Gasteiger charge is 2.13. The predicted molar refractivity (Wildman–Crippen MR) is 125 cm³/mol. The number of hydrogen-bond donors (Lipinski definition) is 2. The molecule has 2 N–H and O–H groups in total. The summed E-state index contributed by atoms with van der Waals surface area (Å²) >= 11 is 0. The number of hydrogen-bond acceptors (Lipinski definition) is 9. The first-order valence-electron chi connectivity index (χ1n) is 10.2. The van der Waals surface area contributed by atoms with E-state index in [9.17, 15) is 4.79 Å². The van der Waals surface area contributed by atoms with Crippen LogP contribution in [0.1, 0.15) is 16.8 Å². The number of esters is 1. The lowest BCUT2D eigenvalue weighted by molar-refractivity contribution is 0.0600. The number of nitrogens with one attached hydrogen (secondary N) is 2. The first-order valence-corrected chi connectivity index (χ1v) is 10.2. The number of nitrogens with zero attached hydrogens (tertiary/aromatic N) is 4. The van der Waals surface area contributed by atoms with Gasteiger partial charge in [0.1, 0.15) is 11.6 Å². The van der Waals surface area contributed by atoms with Crippen LogP contribution in [-0.2, 0) is 4.74 Å². The third kappa shape index (κ3) is 6.14. The standard InChI is InChI=1S/C23H28N6O3/c1-29(2)13-7-12-25-23-27-18(17-8-5-6-11-24-17)15-21(28-23)26-19-14-16(22(30)32-4)9-10-20(19)31-3/h5-6,8-11,14-15H,7,12-13H2,1-4H3,(H2,25,26,27,28). The number of carbonyl (C=O) groups excluding carboxylic acids is 1. The maximum atomic E-state index is 12.0. The summed E-state index contributed by atoms with van der Waals surface area (Å²) in [6.45, 7) is 1.68. The molecule has 0 saturated heterocycles. The van der Waals surface area contributed by atoms with Crippen LogP contribution in [0.3, 0.4) is 0 Å². The largest absolute Gasteiger partial charge is 0.495 e. The number of ether oxygens (including phenoxy) is 2. The van der Waals surface area contributed by atoms with Crippen LogP contribution in [0.2, 0.25) is 0 Å². The maximum Gasteiger partial charge on any atom is 0.337 e. The van der Waals surface area contributed by atoms with Crippen molar-refractivity contribution in [2.75, 3.05) is 52.0 Å². The summed E-state index contributed by atoms with van der Waals surface area (Å²) in [5, 5.41) is 6.52.